The molecule has 0 saturated carbocycles. The zero-order chi connectivity index (χ0) is 16.0. The van der Waals surface area contributed by atoms with Crippen LogP contribution in [-0.4, -0.2) is 41.6 Å². The molecule has 1 atom stereocenters. The maximum atomic E-state index is 12.1. The summed E-state index contributed by atoms with van der Waals surface area (Å²) in [6.07, 6.45) is 2.67. The summed E-state index contributed by atoms with van der Waals surface area (Å²) >= 11 is 0. The Bertz CT molecular complexity index is 347. The van der Waals surface area contributed by atoms with Crippen LogP contribution in [0.15, 0.2) is 0 Å². The van der Waals surface area contributed by atoms with Gasteiger partial charge in [-0.1, -0.05) is 27.7 Å². The third-order valence-corrected chi connectivity index (χ3v) is 4.37. The lowest BCUT2D eigenvalue weighted by atomic mass is 9.87. The summed E-state index contributed by atoms with van der Waals surface area (Å²) in [5.41, 5.74) is 0. The molecule has 0 aromatic heterocycles. The van der Waals surface area contributed by atoms with Crippen LogP contribution >= 0.6 is 0 Å². The molecule has 1 aliphatic rings. The molecule has 0 aliphatic carbocycles. The zero-order valence-corrected chi connectivity index (χ0v) is 13.8. The third-order valence-electron chi connectivity index (χ3n) is 4.37. The Balaban J connectivity index is 2.38. The van der Waals surface area contributed by atoms with E-state index in [0.717, 1.165) is 25.9 Å². The van der Waals surface area contributed by atoms with Gasteiger partial charge in [-0.05, 0) is 37.0 Å². The van der Waals surface area contributed by atoms with Crippen LogP contribution in [0.1, 0.15) is 47.0 Å². The van der Waals surface area contributed by atoms with Gasteiger partial charge in [0.2, 0.25) is 0 Å². The lowest BCUT2D eigenvalue weighted by Crippen LogP contribution is -2.46. The minimum absolute atomic E-state index is 0.118. The van der Waals surface area contributed by atoms with Crippen LogP contribution in [0.25, 0.3) is 0 Å². The van der Waals surface area contributed by atoms with Gasteiger partial charge in [0, 0.05) is 19.6 Å². The van der Waals surface area contributed by atoms with Crippen molar-refractivity contribution in [2.75, 3.05) is 19.6 Å². The number of hydrogen-bond acceptors (Lipinski definition) is 2. The van der Waals surface area contributed by atoms with E-state index in [-0.39, 0.29) is 12.6 Å². The molecule has 1 rings (SSSR count). The SMILES string of the molecule is CC(C)CC(CNC(=O)N1CCC(C(C)C)CC1)C(=O)O. The van der Waals surface area contributed by atoms with E-state index in [2.05, 4.69) is 19.2 Å². The van der Waals surface area contributed by atoms with Gasteiger partial charge in [-0.25, -0.2) is 4.79 Å². The molecule has 0 radical (unpaired) electrons. The van der Waals surface area contributed by atoms with Gasteiger partial charge in [-0.3, -0.25) is 4.79 Å². The van der Waals surface area contributed by atoms with Gasteiger partial charge in [-0.15, -0.1) is 0 Å². The normalized spacial score (nSPS) is 18.1. The predicted molar refractivity (Wildman–Crippen MR) is 83.1 cm³/mol. The largest absolute Gasteiger partial charge is 0.481 e. The molecule has 0 aromatic carbocycles. The van der Waals surface area contributed by atoms with Gasteiger partial charge in [0.25, 0.3) is 0 Å². The molecular formula is C16H30N2O3. The van der Waals surface area contributed by atoms with Gasteiger partial charge in [0.15, 0.2) is 0 Å². The molecule has 1 aliphatic heterocycles. The van der Waals surface area contributed by atoms with Crippen molar-refractivity contribution < 1.29 is 14.7 Å². The van der Waals surface area contributed by atoms with Crippen LogP contribution in [0.4, 0.5) is 4.79 Å². The summed E-state index contributed by atoms with van der Waals surface area (Å²) in [6.45, 7) is 10.2. The van der Waals surface area contributed by atoms with Crippen LogP contribution < -0.4 is 5.32 Å². The Morgan fingerprint density at radius 1 is 1.19 bits per heavy atom. The molecule has 21 heavy (non-hydrogen) atoms. The van der Waals surface area contributed by atoms with Crippen molar-refractivity contribution in [1.82, 2.24) is 10.2 Å². The highest BCUT2D eigenvalue weighted by atomic mass is 16.4. The number of likely N-dealkylation sites (tertiary alicyclic amines) is 1. The molecule has 0 spiro atoms. The number of piperidine rings is 1. The summed E-state index contributed by atoms with van der Waals surface area (Å²) in [5.74, 6) is 0.342. The fraction of sp³-hybridized carbons (Fsp3) is 0.875. The molecule has 2 amide bonds. The average Bonchev–Trinajstić information content (AvgIpc) is 2.42. The quantitative estimate of drug-likeness (QED) is 0.792. The fourth-order valence-electron chi connectivity index (χ4n) is 2.93. The molecule has 2 N–H and O–H groups in total. The van der Waals surface area contributed by atoms with E-state index in [1.54, 1.807) is 0 Å². The first-order chi connectivity index (χ1) is 9.81. The van der Waals surface area contributed by atoms with E-state index < -0.39 is 11.9 Å². The molecule has 1 fully saturated rings. The van der Waals surface area contributed by atoms with E-state index in [4.69, 9.17) is 0 Å². The molecule has 0 aromatic rings. The lowest BCUT2D eigenvalue weighted by molar-refractivity contribution is -0.142. The molecule has 122 valence electrons. The smallest absolute Gasteiger partial charge is 0.317 e. The second kappa shape index (κ2) is 8.25. The van der Waals surface area contributed by atoms with Crippen LogP contribution in [0.3, 0.4) is 0 Å². The van der Waals surface area contributed by atoms with Crippen molar-refractivity contribution in [3.8, 4) is 0 Å². The minimum Gasteiger partial charge on any atom is -0.481 e. The molecule has 5 nitrogen and oxygen atoms in total. The highest BCUT2D eigenvalue weighted by Crippen LogP contribution is 2.24. The summed E-state index contributed by atoms with van der Waals surface area (Å²) in [4.78, 5) is 25.1. The summed E-state index contributed by atoms with van der Waals surface area (Å²) in [5, 5.41) is 12.0. The van der Waals surface area contributed by atoms with Crippen molar-refractivity contribution >= 4 is 12.0 Å². The monoisotopic (exact) mass is 298 g/mol. The van der Waals surface area contributed by atoms with E-state index in [1.165, 1.54) is 0 Å². The number of carboxylic acids is 1. The maximum absolute atomic E-state index is 12.1. The van der Waals surface area contributed by atoms with Gasteiger partial charge < -0.3 is 15.3 Å². The minimum atomic E-state index is -0.831. The Morgan fingerprint density at radius 3 is 2.19 bits per heavy atom. The van der Waals surface area contributed by atoms with Crippen LogP contribution in [0.2, 0.25) is 0 Å². The van der Waals surface area contributed by atoms with Crippen molar-refractivity contribution in [3.05, 3.63) is 0 Å². The van der Waals surface area contributed by atoms with Gasteiger partial charge in [0.05, 0.1) is 5.92 Å². The number of rotatable bonds is 6. The van der Waals surface area contributed by atoms with Crippen LogP contribution in [0, 0.1) is 23.7 Å². The van der Waals surface area contributed by atoms with Crippen LogP contribution in [0.5, 0.6) is 0 Å². The molecule has 1 unspecified atom stereocenters. The maximum Gasteiger partial charge on any atom is 0.317 e. The van der Waals surface area contributed by atoms with Gasteiger partial charge in [-0.2, -0.15) is 0 Å². The van der Waals surface area contributed by atoms with E-state index in [0.29, 0.717) is 24.2 Å². The molecular weight excluding hydrogens is 268 g/mol. The molecule has 5 heteroatoms. The number of nitrogens with zero attached hydrogens (tertiary/aromatic N) is 1. The number of hydrogen-bond donors (Lipinski definition) is 2. The van der Waals surface area contributed by atoms with Gasteiger partial charge in [0.1, 0.15) is 0 Å². The zero-order valence-electron chi connectivity index (χ0n) is 13.8. The standard InChI is InChI=1S/C16H30N2O3/c1-11(2)9-14(15(19)20)10-17-16(21)18-7-5-13(6-8-18)12(3)4/h11-14H,5-10H2,1-4H3,(H,17,21)(H,19,20). The highest BCUT2D eigenvalue weighted by Gasteiger charge is 2.26. The Morgan fingerprint density at radius 2 is 1.76 bits per heavy atom. The number of carbonyl (C=O) groups excluding carboxylic acids is 1. The topological polar surface area (TPSA) is 69.6 Å². The van der Waals surface area contributed by atoms with Crippen molar-refractivity contribution in [2.45, 2.75) is 47.0 Å². The van der Waals surface area contributed by atoms with Crippen LogP contribution in [-0.2, 0) is 4.79 Å². The third kappa shape index (κ3) is 5.94. The number of amides is 2. The first-order valence-corrected chi connectivity index (χ1v) is 8.06. The molecule has 1 saturated heterocycles. The van der Waals surface area contributed by atoms with E-state index >= 15 is 0 Å². The predicted octanol–water partition coefficient (Wildman–Crippen LogP) is 2.81. The first kappa shape index (κ1) is 17.8. The first-order valence-electron chi connectivity index (χ1n) is 8.06. The number of urea groups is 1. The van der Waals surface area contributed by atoms with E-state index in [9.17, 15) is 14.7 Å². The highest BCUT2D eigenvalue weighted by molar-refractivity contribution is 5.76. The molecule has 1 heterocycles. The number of carbonyl (C=O) groups is 2. The summed E-state index contributed by atoms with van der Waals surface area (Å²) in [7, 11) is 0. The van der Waals surface area contributed by atoms with E-state index in [1.807, 2.05) is 18.7 Å². The lowest BCUT2D eigenvalue weighted by Gasteiger charge is -2.34. The number of aliphatic carboxylic acids is 1. The second-order valence-electron chi connectivity index (χ2n) is 6.92. The van der Waals surface area contributed by atoms with Crippen molar-refractivity contribution in [1.29, 1.82) is 0 Å². The number of nitrogens with one attached hydrogen (secondary N) is 1. The fourth-order valence-corrected chi connectivity index (χ4v) is 2.93. The summed E-state index contributed by atoms with van der Waals surface area (Å²) in [6, 6.07) is -0.118. The molecule has 0 bridgehead atoms. The van der Waals surface area contributed by atoms with Gasteiger partial charge >= 0.3 is 12.0 Å². The summed E-state index contributed by atoms with van der Waals surface area (Å²) < 4.78 is 0. The number of carboxylic acid groups (broad SMARTS) is 1. The Labute approximate surface area is 128 Å². The Hall–Kier alpha value is -1.26. The second-order valence-corrected chi connectivity index (χ2v) is 6.92. The average molecular weight is 298 g/mol. The Kier molecular flexibility index (Phi) is 6.99. The van der Waals surface area contributed by atoms with Crippen molar-refractivity contribution in [2.24, 2.45) is 23.7 Å². The van der Waals surface area contributed by atoms with Crippen molar-refractivity contribution in [3.63, 3.8) is 0 Å².